The number of benzene rings is 4. The summed E-state index contributed by atoms with van der Waals surface area (Å²) >= 11 is 0. The molecule has 2 N–H and O–H groups in total. The van der Waals surface area contributed by atoms with E-state index in [0.717, 1.165) is 24.3 Å². The normalized spacial score (nSPS) is 18.9. The van der Waals surface area contributed by atoms with Gasteiger partial charge in [0, 0.05) is 24.1 Å². The summed E-state index contributed by atoms with van der Waals surface area (Å²) in [7, 11) is 0. The quantitative estimate of drug-likeness (QED) is 0.320. The molecule has 0 saturated heterocycles. The molecule has 0 amide bonds. The van der Waals surface area contributed by atoms with Crippen molar-refractivity contribution >= 4 is 16.7 Å². The van der Waals surface area contributed by atoms with E-state index in [2.05, 4.69) is 79.0 Å². The Kier molecular flexibility index (Phi) is 6.56. The number of carboxylic acid groups (broad SMARTS) is 1. The van der Waals surface area contributed by atoms with Gasteiger partial charge >= 0.3 is 5.97 Å². The molecule has 4 atom stereocenters. The van der Waals surface area contributed by atoms with Crippen LogP contribution < -0.4 is 10.1 Å². The van der Waals surface area contributed by atoms with Crippen molar-refractivity contribution in [2.24, 2.45) is 0 Å². The van der Waals surface area contributed by atoms with Gasteiger partial charge in [-0.2, -0.15) is 0 Å². The van der Waals surface area contributed by atoms with E-state index in [-0.39, 0.29) is 18.1 Å². The van der Waals surface area contributed by atoms with Crippen LogP contribution in [0.5, 0.6) is 5.75 Å². The highest BCUT2D eigenvalue weighted by Crippen LogP contribution is 2.40. The Balaban J connectivity index is 1.34. The van der Waals surface area contributed by atoms with Gasteiger partial charge in [0.05, 0.1) is 5.92 Å². The number of rotatable bonds is 7. The molecular weight excluding hydrogens is 434 g/mol. The fourth-order valence-electron chi connectivity index (χ4n) is 5.14. The van der Waals surface area contributed by atoms with Crippen molar-refractivity contribution in [2.45, 2.75) is 44.2 Å². The van der Waals surface area contributed by atoms with Crippen LogP contribution in [0.25, 0.3) is 10.8 Å². The number of aliphatic carboxylic acids is 1. The molecule has 0 saturated carbocycles. The molecule has 0 spiro atoms. The molecule has 0 radical (unpaired) electrons. The van der Waals surface area contributed by atoms with E-state index in [1.165, 1.54) is 27.5 Å². The molecule has 0 aromatic heterocycles. The predicted octanol–water partition coefficient (Wildman–Crippen LogP) is 6.66. The molecule has 35 heavy (non-hydrogen) atoms. The maximum absolute atomic E-state index is 11.4. The Morgan fingerprint density at radius 2 is 1.66 bits per heavy atom. The van der Waals surface area contributed by atoms with Crippen molar-refractivity contribution in [3.63, 3.8) is 0 Å². The first-order valence-corrected chi connectivity index (χ1v) is 12.3. The summed E-state index contributed by atoms with van der Waals surface area (Å²) in [5.41, 5.74) is 4.49. The molecule has 4 aromatic rings. The number of carboxylic acids is 1. The van der Waals surface area contributed by atoms with Gasteiger partial charge in [0.1, 0.15) is 11.9 Å². The lowest BCUT2D eigenvalue weighted by Gasteiger charge is -2.33. The predicted molar refractivity (Wildman–Crippen MR) is 140 cm³/mol. The lowest BCUT2D eigenvalue weighted by atomic mass is 9.83. The second kappa shape index (κ2) is 9.93. The van der Waals surface area contributed by atoms with Crippen molar-refractivity contribution in [1.82, 2.24) is 5.32 Å². The Hall–Kier alpha value is -3.63. The summed E-state index contributed by atoms with van der Waals surface area (Å²) in [5.74, 6) is -0.190. The van der Waals surface area contributed by atoms with Crippen molar-refractivity contribution < 1.29 is 14.6 Å². The van der Waals surface area contributed by atoms with E-state index in [1.54, 1.807) is 6.92 Å². The average Bonchev–Trinajstić information content (AvgIpc) is 2.90. The van der Waals surface area contributed by atoms with Gasteiger partial charge in [-0.25, -0.2) is 0 Å². The van der Waals surface area contributed by atoms with Gasteiger partial charge in [-0.3, -0.25) is 4.79 Å². The van der Waals surface area contributed by atoms with Crippen LogP contribution in [-0.2, 0) is 4.79 Å². The number of hydrogen-bond donors (Lipinski definition) is 2. The molecule has 0 bridgehead atoms. The molecule has 4 heteroatoms. The molecule has 1 aliphatic heterocycles. The van der Waals surface area contributed by atoms with Gasteiger partial charge in [-0.1, -0.05) is 84.9 Å². The molecule has 4 aromatic carbocycles. The average molecular weight is 466 g/mol. The zero-order chi connectivity index (χ0) is 24.4. The third kappa shape index (κ3) is 4.80. The minimum Gasteiger partial charge on any atom is -0.489 e. The zero-order valence-corrected chi connectivity index (χ0v) is 20.1. The van der Waals surface area contributed by atoms with Gasteiger partial charge in [-0.05, 0) is 53.8 Å². The molecule has 4 nitrogen and oxygen atoms in total. The Bertz CT molecular complexity index is 1330. The largest absolute Gasteiger partial charge is 0.489 e. The summed E-state index contributed by atoms with van der Waals surface area (Å²) < 4.78 is 6.41. The number of fused-ring (bicyclic) bond motifs is 2. The van der Waals surface area contributed by atoms with E-state index >= 15 is 0 Å². The first kappa shape index (κ1) is 23.1. The van der Waals surface area contributed by atoms with Crippen LogP contribution in [-0.4, -0.2) is 23.7 Å². The van der Waals surface area contributed by atoms with E-state index in [9.17, 15) is 9.90 Å². The molecule has 1 unspecified atom stereocenters. The minimum atomic E-state index is -0.805. The molecule has 1 aliphatic rings. The van der Waals surface area contributed by atoms with Crippen molar-refractivity contribution in [3.05, 3.63) is 113 Å². The molecule has 0 aliphatic carbocycles. The summed E-state index contributed by atoms with van der Waals surface area (Å²) in [5, 5.41) is 15.6. The highest BCUT2D eigenvalue weighted by Gasteiger charge is 2.29. The molecule has 5 rings (SSSR count). The number of hydrogen-bond acceptors (Lipinski definition) is 3. The van der Waals surface area contributed by atoms with Crippen LogP contribution in [0.15, 0.2) is 91.0 Å². The first-order valence-electron chi connectivity index (χ1n) is 12.3. The number of para-hydroxylation sites is 1. The number of nitrogens with one attached hydrogen (secondary N) is 1. The van der Waals surface area contributed by atoms with E-state index in [0.29, 0.717) is 0 Å². The maximum Gasteiger partial charge on any atom is 0.310 e. The number of carbonyl (C=O) groups is 1. The van der Waals surface area contributed by atoms with Crippen LogP contribution in [0.3, 0.4) is 0 Å². The Morgan fingerprint density at radius 1 is 0.943 bits per heavy atom. The Labute approximate surface area is 206 Å². The fourth-order valence-corrected chi connectivity index (χ4v) is 5.14. The van der Waals surface area contributed by atoms with Gasteiger partial charge < -0.3 is 15.2 Å². The first-order chi connectivity index (χ1) is 17.0. The lowest BCUT2D eigenvalue weighted by Crippen LogP contribution is -2.37. The molecule has 1 heterocycles. The van der Waals surface area contributed by atoms with Crippen molar-refractivity contribution in [3.8, 4) is 5.75 Å². The fraction of sp³-hybridized carbons (Fsp3) is 0.258. The van der Waals surface area contributed by atoms with Gasteiger partial charge in [0.15, 0.2) is 0 Å². The van der Waals surface area contributed by atoms with Crippen LogP contribution in [0.4, 0.5) is 0 Å². The maximum atomic E-state index is 11.4. The van der Waals surface area contributed by atoms with Gasteiger partial charge in [0.2, 0.25) is 0 Å². The lowest BCUT2D eigenvalue weighted by molar-refractivity contribution is -0.138. The smallest absolute Gasteiger partial charge is 0.310 e. The molecule has 178 valence electrons. The van der Waals surface area contributed by atoms with E-state index < -0.39 is 11.9 Å². The molecular formula is C31H31NO3. The Morgan fingerprint density at radius 3 is 2.46 bits per heavy atom. The van der Waals surface area contributed by atoms with E-state index in [1.807, 2.05) is 24.3 Å². The van der Waals surface area contributed by atoms with Crippen LogP contribution in [0, 0.1) is 0 Å². The topological polar surface area (TPSA) is 58.6 Å². The summed E-state index contributed by atoms with van der Waals surface area (Å²) in [6.45, 7) is 4.67. The summed E-state index contributed by atoms with van der Waals surface area (Å²) in [4.78, 5) is 11.4. The third-order valence-corrected chi connectivity index (χ3v) is 7.24. The standard InChI is InChI=1S/C31H31NO3/c1-20(31(33)34)22-14-16-24(17-15-22)29-18-25(35-30-13-6-5-11-28(29)30)19-32-21(2)26-12-7-9-23-8-3-4-10-27(23)26/h3-17,20-21,25,29,32H,18-19H2,1-2H3,(H,33,34)/t20?,21-,25-,29-/m1/s1. The van der Waals surface area contributed by atoms with E-state index in [4.69, 9.17) is 4.74 Å². The highest BCUT2D eigenvalue weighted by atomic mass is 16.5. The van der Waals surface area contributed by atoms with Gasteiger partial charge in [0.25, 0.3) is 0 Å². The second-order valence-corrected chi connectivity index (χ2v) is 9.49. The SMILES string of the molecule is CC(C(=O)O)c1ccc([C@H]2C[C@H](CN[C@H](C)c3cccc4ccccc34)Oc3ccccc32)cc1. The zero-order valence-electron chi connectivity index (χ0n) is 20.1. The summed E-state index contributed by atoms with van der Waals surface area (Å²) in [6, 6.07) is 31.4. The van der Waals surface area contributed by atoms with Crippen LogP contribution in [0.2, 0.25) is 0 Å². The minimum absolute atomic E-state index is 0.0324. The third-order valence-electron chi connectivity index (χ3n) is 7.24. The van der Waals surface area contributed by atoms with Crippen LogP contribution in [0.1, 0.15) is 60.4 Å². The molecule has 0 fully saturated rings. The monoisotopic (exact) mass is 465 g/mol. The summed E-state index contributed by atoms with van der Waals surface area (Å²) in [6.07, 6.45) is 0.894. The van der Waals surface area contributed by atoms with Gasteiger partial charge in [-0.15, -0.1) is 0 Å². The van der Waals surface area contributed by atoms with Crippen LogP contribution >= 0.6 is 0 Å². The second-order valence-electron chi connectivity index (χ2n) is 9.49. The van der Waals surface area contributed by atoms with Crippen molar-refractivity contribution in [2.75, 3.05) is 6.54 Å². The highest BCUT2D eigenvalue weighted by molar-refractivity contribution is 5.86. The number of ether oxygens (including phenoxy) is 1. The van der Waals surface area contributed by atoms with Crippen molar-refractivity contribution in [1.29, 1.82) is 0 Å².